The number of benzene rings is 1. The lowest BCUT2D eigenvalue weighted by Crippen LogP contribution is -2.42. The van der Waals surface area contributed by atoms with Crippen molar-refractivity contribution in [2.24, 2.45) is 5.92 Å². The van der Waals surface area contributed by atoms with Crippen LogP contribution in [0.5, 0.6) is 0 Å². The van der Waals surface area contributed by atoms with Crippen molar-refractivity contribution in [1.29, 1.82) is 0 Å². The van der Waals surface area contributed by atoms with Gasteiger partial charge >= 0.3 is 0 Å². The molecule has 0 aliphatic carbocycles. The Bertz CT molecular complexity index is 487. The average molecular weight is 246 g/mol. The quantitative estimate of drug-likeness (QED) is 0.758. The van der Waals surface area contributed by atoms with Gasteiger partial charge in [0.1, 0.15) is 0 Å². The minimum atomic E-state index is 0.615. The van der Waals surface area contributed by atoms with Crippen molar-refractivity contribution in [3.05, 3.63) is 24.3 Å². The van der Waals surface area contributed by atoms with Crippen molar-refractivity contribution in [3.8, 4) is 0 Å². The Morgan fingerprint density at radius 2 is 2.12 bits per heavy atom. The Hall–Kier alpha value is -1.09. The van der Waals surface area contributed by atoms with E-state index in [1.165, 1.54) is 22.7 Å². The second kappa shape index (κ2) is 4.30. The van der Waals surface area contributed by atoms with Crippen LogP contribution in [0.1, 0.15) is 26.7 Å². The fourth-order valence-corrected chi connectivity index (χ4v) is 3.67. The number of rotatable bonds is 1. The van der Waals surface area contributed by atoms with Gasteiger partial charge in [0.25, 0.3) is 0 Å². The molecule has 0 N–H and O–H groups in total. The second-order valence-electron chi connectivity index (χ2n) is 5.02. The summed E-state index contributed by atoms with van der Waals surface area (Å²) in [5.74, 6) is 0.774. The first-order valence-corrected chi connectivity index (χ1v) is 7.19. The third-order valence-electron chi connectivity index (χ3n) is 3.90. The highest BCUT2D eigenvalue weighted by molar-refractivity contribution is 7.22. The third kappa shape index (κ3) is 1.93. The zero-order valence-electron chi connectivity index (χ0n) is 10.4. The smallest absolute Gasteiger partial charge is 0.186 e. The molecule has 1 aliphatic heterocycles. The highest BCUT2D eigenvalue weighted by Gasteiger charge is 2.26. The van der Waals surface area contributed by atoms with E-state index in [-0.39, 0.29) is 0 Å². The van der Waals surface area contributed by atoms with E-state index in [1.807, 2.05) is 11.3 Å². The van der Waals surface area contributed by atoms with Gasteiger partial charge in [0, 0.05) is 12.6 Å². The zero-order valence-corrected chi connectivity index (χ0v) is 11.2. The Morgan fingerprint density at radius 3 is 2.94 bits per heavy atom. The first kappa shape index (κ1) is 11.0. The molecule has 3 heteroatoms. The molecule has 2 nitrogen and oxygen atoms in total. The van der Waals surface area contributed by atoms with Crippen LogP contribution in [0.3, 0.4) is 0 Å². The van der Waals surface area contributed by atoms with E-state index in [0.717, 1.165) is 18.0 Å². The Labute approximate surface area is 106 Å². The molecule has 0 radical (unpaired) electrons. The minimum absolute atomic E-state index is 0.615. The van der Waals surface area contributed by atoms with Crippen molar-refractivity contribution in [2.45, 2.75) is 32.7 Å². The molecule has 0 unspecified atom stereocenters. The monoisotopic (exact) mass is 246 g/mol. The molecule has 0 saturated carbocycles. The summed E-state index contributed by atoms with van der Waals surface area (Å²) in [6, 6.07) is 9.03. The van der Waals surface area contributed by atoms with E-state index >= 15 is 0 Å². The Kier molecular flexibility index (Phi) is 2.79. The third-order valence-corrected chi connectivity index (χ3v) is 4.98. The van der Waals surface area contributed by atoms with Crippen molar-refractivity contribution in [1.82, 2.24) is 4.98 Å². The molecule has 1 aromatic carbocycles. The minimum Gasteiger partial charge on any atom is -0.345 e. The largest absolute Gasteiger partial charge is 0.345 e. The molecule has 2 atom stereocenters. The molecule has 17 heavy (non-hydrogen) atoms. The summed E-state index contributed by atoms with van der Waals surface area (Å²) in [4.78, 5) is 7.25. The fraction of sp³-hybridized carbons (Fsp3) is 0.500. The summed E-state index contributed by atoms with van der Waals surface area (Å²) in [5.41, 5.74) is 1.14. The van der Waals surface area contributed by atoms with Crippen molar-refractivity contribution in [3.63, 3.8) is 0 Å². The number of aromatic nitrogens is 1. The highest BCUT2D eigenvalue weighted by Crippen LogP contribution is 2.34. The topological polar surface area (TPSA) is 16.1 Å². The number of nitrogens with zero attached hydrogens (tertiary/aromatic N) is 2. The maximum Gasteiger partial charge on any atom is 0.186 e. The summed E-state index contributed by atoms with van der Waals surface area (Å²) in [6.45, 7) is 5.84. The summed E-state index contributed by atoms with van der Waals surface area (Å²) in [5, 5.41) is 1.20. The summed E-state index contributed by atoms with van der Waals surface area (Å²) < 4.78 is 1.30. The Balaban J connectivity index is 1.97. The number of anilines is 1. The molecule has 1 aromatic heterocycles. The SMILES string of the molecule is C[C@@H]1CCCN(c2nc3ccccc3s2)[C@H]1C. The predicted molar refractivity (Wildman–Crippen MR) is 74.8 cm³/mol. The fourth-order valence-electron chi connectivity index (χ4n) is 2.59. The van der Waals surface area contributed by atoms with Crippen LogP contribution in [0.4, 0.5) is 5.13 Å². The van der Waals surface area contributed by atoms with Gasteiger partial charge in [-0.1, -0.05) is 30.4 Å². The molecule has 0 spiro atoms. The van der Waals surface area contributed by atoms with Crippen LogP contribution in [-0.4, -0.2) is 17.6 Å². The predicted octanol–water partition coefficient (Wildman–Crippen LogP) is 3.92. The number of hydrogen-bond donors (Lipinski definition) is 0. The maximum absolute atomic E-state index is 4.77. The lowest BCUT2D eigenvalue weighted by atomic mass is 9.93. The molecule has 0 amide bonds. The van der Waals surface area contributed by atoms with Crippen LogP contribution >= 0.6 is 11.3 Å². The summed E-state index contributed by atoms with van der Waals surface area (Å²) in [6.07, 6.45) is 2.64. The van der Waals surface area contributed by atoms with E-state index in [4.69, 9.17) is 4.98 Å². The molecule has 2 aromatic rings. The van der Waals surface area contributed by atoms with Crippen molar-refractivity contribution in [2.75, 3.05) is 11.4 Å². The normalized spacial score (nSPS) is 25.4. The number of fused-ring (bicyclic) bond motifs is 1. The molecular weight excluding hydrogens is 228 g/mol. The number of hydrogen-bond acceptors (Lipinski definition) is 3. The molecule has 0 bridgehead atoms. The number of thiazole rings is 1. The molecular formula is C14H18N2S. The zero-order chi connectivity index (χ0) is 11.8. The van der Waals surface area contributed by atoms with Gasteiger partial charge < -0.3 is 4.90 Å². The van der Waals surface area contributed by atoms with Crippen molar-refractivity contribution >= 4 is 26.7 Å². The van der Waals surface area contributed by atoms with Gasteiger partial charge in [-0.05, 0) is 37.8 Å². The molecule has 2 heterocycles. The highest BCUT2D eigenvalue weighted by atomic mass is 32.1. The van der Waals surface area contributed by atoms with Crippen LogP contribution < -0.4 is 4.90 Å². The lowest BCUT2D eigenvalue weighted by molar-refractivity contribution is 0.363. The van der Waals surface area contributed by atoms with Crippen molar-refractivity contribution < 1.29 is 0 Å². The van der Waals surface area contributed by atoms with Gasteiger partial charge in [-0.25, -0.2) is 4.98 Å². The van der Waals surface area contributed by atoms with E-state index in [9.17, 15) is 0 Å². The van der Waals surface area contributed by atoms with E-state index in [1.54, 1.807) is 0 Å². The molecule has 1 aliphatic rings. The first-order valence-electron chi connectivity index (χ1n) is 6.38. The van der Waals surface area contributed by atoms with Gasteiger partial charge in [-0.2, -0.15) is 0 Å². The van der Waals surface area contributed by atoms with Crippen LogP contribution in [-0.2, 0) is 0 Å². The number of para-hydroxylation sites is 1. The van der Waals surface area contributed by atoms with E-state index in [2.05, 4.69) is 43.0 Å². The van der Waals surface area contributed by atoms with Gasteiger partial charge in [0.05, 0.1) is 10.2 Å². The maximum atomic E-state index is 4.77. The van der Waals surface area contributed by atoms with Gasteiger partial charge in [-0.15, -0.1) is 0 Å². The van der Waals surface area contributed by atoms with Crippen LogP contribution in [0, 0.1) is 5.92 Å². The van der Waals surface area contributed by atoms with E-state index < -0.39 is 0 Å². The van der Waals surface area contributed by atoms with Gasteiger partial charge in [-0.3, -0.25) is 0 Å². The molecule has 90 valence electrons. The molecule has 1 saturated heterocycles. The van der Waals surface area contributed by atoms with Crippen LogP contribution in [0.15, 0.2) is 24.3 Å². The number of piperidine rings is 1. The van der Waals surface area contributed by atoms with E-state index in [0.29, 0.717) is 6.04 Å². The summed E-state index contributed by atoms with van der Waals surface area (Å²) >= 11 is 1.82. The van der Waals surface area contributed by atoms with Crippen LogP contribution in [0.2, 0.25) is 0 Å². The first-order chi connectivity index (χ1) is 8.25. The molecule has 3 rings (SSSR count). The lowest BCUT2D eigenvalue weighted by Gasteiger charge is -2.37. The van der Waals surface area contributed by atoms with Gasteiger partial charge in [0.15, 0.2) is 5.13 Å². The Morgan fingerprint density at radius 1 is 1.29 bits per heavy atom. The van der Waals surface area contributed by atoms with Gasteiger partial charge in [0.2, 0.25) is 0 Å². The second-order valence-corrected chi connectivity index (χ2v) is 6.03. The van der Waals surface area contributed by atoms with Crippen LogP contribution in [0.25, 0.3) is 10.2 Å². The summed E-state index contributed by atoms with van der Waals surface area (Å²) in [7, 11) is 0. The average Bonchev–Trinajstić information content (AvgIpc) is 2.76. The standard InChI is InChI=1S/C14H18N2S/c1-10-6-5-9-16(11(10)2)14-15-12-7-3-4-8-13(12)17-14/h3-4,7-8,10-11H,5-6,9H2,1-2H3/t10-,11+/m1/s1. The molecule has 1 fully saturated rings.